The molecule has 1 aromatic heterocycles. The van der Waals surface area contributed by atoms with E-state index in [4.69, 9.17) is 5.73 Å². The maximum atomic E-state index is 5.71. The lowest BCUT2D eigenvalue weighted by Crippen LogP contribution is -2.08. The molecule has 0 aliphatic rings. The predicted octanol–water partition coefficient (Wildman–Crippen LogP) is 2.79. The van der Waals surface area contributed by atoms with Crippen molar-refractivity contribution in [3.8, 4) is 0 Å². The van der Waals surface area contributed by atoms with E-state index in [9.17, 15) is 0 Å². The summed E-state index contributed by atoms with van der Waals surface area (Å²) < 4.78 is 0. The molecule has 0 spiro atoms. The molecule has 2 rings (SSSR count). The van der Waals surface area contributed by atoms with E-state index in [0.717, 1.165) is 6.42 Å². The lowest BCUT2D eigenvalue weighted by atomic mass is 9.99. The molecule has 80 valence electrons. The first-order valence-corrected chi connectivity index (χ1v) is 5.56. The number of nitrogens with one attached hydrogen (secondary N) is 1. The van der Waals surface area contributed by atoms with Crippen LogP contribution in [0.25, 0.3) is 10.9 Å². The molecule has 1 heterocycles. The zero-order valence-electron chi connectivity index (χ0n) is 9.38. The van der Waals surface area contributed by atoms with E-state index in [2.05, 4.69) is 43.2 Å². The van der Waals surface area contributed by atoms with Gasteiger partial charge in [0.2, 0.25) is 0 Å². The van der Waals surface area contributed by atoms with Crippen molar-refractivity contribution in [1.29, 1.82) is 0 Å². The van der Waals surface area contributed by atoms with Gasteiger partial charge in [0.05, 0.1) is 0 Å². The molecule has 0 aliphatic heterocycles. The molecule has 0 aliphatic carbocycles. The highest BCUT2D eigenvalue weighted by molar-refractivity contribution is 5.86. The zero-order chi connectivity index (χ0) is 10.8. The van der Waals surface area contributed by atoms with Crippen molar-refractivity contribution < 1.29 is 0 Å². The third kappa shape index (κ3) is 1.65. The summed E-state index contributed by atoms with van der Waals surface area (Å²) in [5.74, 6) is 0.422. The summed E-state index contributed by atoms with van der Waals surface area (Å²) in [6.07, 6.45) is 3.16. The third-order valence-corrected chi connectivity index (χ3v) is 3.10. The maximum absolute atomic E-state index is 5.71. The van der Waals surface area contributed by atoms with Crippen LogP contribution < -0.4 is 5.73 Å². The molecule has 1 atom stereocenters. The highest BCUT2D eigenvalue weighted by atomic mass is 14.7. The molecule has 0 bridgehead atoms. The monoisotopic (exact) mass is 202 g/mol. The van der Waals surface area contributed by atoms with Crippen LogP contribution in [0.1, 0.15) is 30.9 Å². The van der Waals surface area contributed by atoms with Crippen molar-refractivity contribution in [2.24, 2.45) is 5.73 Å². The Morgan fingerprint density at radius 2 is 2.20 bits per heavy atom. The fourth-order valence-corrected chi connectivity index (χ4v) is 2.07. The molecule has 2 aromatic rings. The van der Waals surface area contributed by atoms with Gasteiger partial charge in [-0.05, 0) is 30.0 Å². The van der Waals surface area contributed by atoms with Crippen LogP contribution >= 0.6 is 0 Å². The minimum absolute atomic E-state index is 0.422. The number of benzene rings is 1. The van der Waals surface area contributed by atoms with Crippen LogP contribution in [0.4, 0.5) is 0 Å². The largest absolute Gasteiger partial charge is 0.361 e. The van der Waals surface area contributed by atoms with Gasteiger partial charge in [0.1, 0.15) is 0 Å². The number of aryl methyl sites for hydroxylation is 1. The van der Waals surface area contributed by atoms with Gasteiger partial charge in [0.15, 0.2) is 0 Å². The number of nitrogens with two attached hydrogens (primary N) is 1. The van der Waals surface area contributed by atoms with E-state index in [0.29, 0.717) is 12.5 Å². The maximum Gasteiger partial charge on any atom is 0.0489 e. The first-order chi connectivity index (χ1) is 7.27. The van der Waals surface area contributed by atoms with Crippen LogP contribution in [0, 0.1) is 0 Å². The number of aromatic amines is 1. The van der Waals surface area contributed by atoms with Crippen LogP contribution in [0.15, 0.2) is 24.4 Å². The minimum atomic E-state index is 0.422. The number of H-pyrrole nitrogens is 1. The Bertz CT molecular complexity index is 457. The summed E-state index contributed by atoms with van der Waals surface area (Å²) >= 11 is 0. The van der Waals surface area contributed by atoms with Crippen LogP contribution in [-0.4, -0.2) is 11.5 Å². The number of para-hydroxylation sites is 1. The van der Waals surface area contributed by atoms with E-state index in [-0.39, 0.29) is 0 Å². The summed E-state index contributed by atoms with van der Waals surface area (Å²) in [4.78, 5) is 3.37. The van der Waals surface area contributed by atoms with Crippen molar-refractivity contribution in [3.63, 3.8) is 0 Å². The van der Waals surface area contributed by atoms with E-state index < -0.39 is 0 Å². The fraction of sp³-hybridized carbons (Fsp3) is 0.385. The van der Waals surface area contributed by atoms with Gasteiger partial charge in [0, 0.05) is 17.1 Å². The summed E-state index contributed by atoms with van der Waals surface area (Å²) in [7, 11) is 0. The first-order valence-electron chi connectivity index (χ1n) is 5.56. The van der Waals surface area contributed by atoms with Crippen LogP contribution in [0.5, 0.6) is 0 Å². The van der Waals surface area contributed by atoms with Crippen molar-refractivity contribution >= 4 is 10.9 Å². The third-order valence-electron chi connectivity index (χ3n) is 3.10. The van der Waals surface area contributed by atoms with Crippen molar-refractivity contribution in [2.45, 2.75) is 26.2 Å². The van der Waals surface area contributed by atoms with Crippen molar-refractivity contribution in [2.75, 3.05) is 6.54 Å². The second-order valence-corrected chi connectivity index (χ2v) is 4.07. The second kappa shape index (κ2) is 4.07. The molecular formula is C13H18N2. The van der Waals surface area contributed by atoms with Gasteiger partial charge in [-0.15, -0.1) is 0 Å². The average molecular weight is 202 g/mol. The van der Waals surface area contributed by atoms with Crippen LogP contribution in [0.3, 0.4) is 0 Å². The number of rotatable bonds is 3. The normalized spacial score (nSPS) is 13.3. The smallest absolute Gasteiger partial charge is 0.0489 e. The Morgan fingerprint density at radius 1 is 1.40 bits per heavy atom. The lowest BCUT2D eigenvalue weighted by molar-refractivity contribution is 0.780. The van der Waals surface area contributed by atoms with Crippen molar-refractivity contribution in [3.05, 3.63) is 35.5 Å². The molecule has 0 saturated heterocycles. The van der Waals surface area contributed by atoms with E-state index in [1.54, 1.807) is 0 Å². The van der Waals surface area contributed by atoms with E-state index in [1.165, 1.54) is 22.0 Å². The Labute approximate surface area is 90.5 Å². The Morgan fingerprint density at radius 3 is 2.87 bits per heavy atom. The first kappa shape index (κ1) is 10.2. The van der Waals surface area contributed by atoms with Gasteiger partial charge < -0.3 is 10.7 Å². The molecule has 0 amide bonds. The Balaban J connectivity index is 2.60. The topological polar surface area (TPSA) is 41.8 Å². The molecule has 3 N–H and O–H groups in total. The molecular weight excluding hydrogens is 184 g/mol. The predicted molar refractivity (Wildman–Crippen MR) is 65.1 cm³/mol. The molecule has 0 fully saturated rings. The van der Waals surface area contributed by atoms with Crippen LogP contribution in [0.2, 0.25) is 0 Å². The van der Waals surface area contributed by atoms with Gasteiger partial charge in [0.25, 0.3) is 0 Å². The highest BCUT2D eigenvalue weighted by Gasteiger charge is 2.10. The van der Waals surface area contributed by atoms with Gasteiger partial charge in [-0.1, -0.05) is 32.0 Å². The molecule has 2 nitrogen and oxygen atoms in total. The summed E-state index contributed by atoms with van der Waals surface area (Å²) in [6, 6.07) is 6.48. The van der Waals surface area contributed by atoms with E-state index in [1.807, 2.05) is 0 Å². The van der Waals surface area contributed by atoms with Gasteiger partial charge >= 0.3 is 0 Å². The van der Waals surface area contributed by atoms with Gasteiger partial charge in [-0.3, -0.25) is 0 Å². The molecule has 1 unspecified atom stereocenters. The summed E-state index contributed by atoms with van der Waals surface area (Å²) in [5.41, 5.74) is 9.70. The summed E-state index contributed by atoms with van der Waals surface area (Å²) in [6.45, 7) is 5.05. The molecule has 2 heteroatoms. The molecule has 0 radical (unpaired) electrons. The zero-order valence-corrected chi connectivity index (χ0v) is 9.38. The van der Waals surface area contributed by atoms with Gasteiger partial charge in [-0.2, -0.15) is 0 Å². The number of fused-ring (bicyclic) bond motifs is 1. The number of hydrogen-bond donors (Lipinski definition) is 2. The Hall–Kier alpha value is -1.28. The SMILES string of the molecule is CCc1cccc2c(C(C)CN)c[nH]c12. The number of hydrogen-bond acceptors (Lipinski definition) is 1. The molecule has 15 heavy (non-hydrogen) atoms. The fourth-order valence-electron chi connectivity index (χ4n) is 2.07. The molecule has 0 saturated carbocycles. The summed E-state index contributed by atoms with van der Waals surface area (Å²) in [5, 5.41) is 1.33. The van der Waals surface area contributed by atoms with Gasteiger partial charge in [-0.25, -0.2) is 0 Å². The second-order valence-electron chi connectivity index (χ2n) is 4.07. The van der Waals surface area contributed by atoms with E-state index >= 15 is 0 Å². The quantitative estimate of drug-likeness (QED) is 0.789. The van der Waals surface area contributed by atoms with Crippen LogP contribution in [-0.2, 0) is 6.42 Å². The lowest BCUT2D eigenvalue weighted by Gasteiger charge is -2.07. The minimum Gasteiger partial charge on any atom is -0.361 e. The Kier molecular flexibility index (Phi) is 2.78. The average Bonchev–Trinajstić information content (AvgIpc) is 2.71. The standard InChI is InChI=1S/C13H18N2/c1-3-10-5-4-6-11-12(9(2)7-14)8-15-13(10)11/h4-6,8-9,15H,3,7,14H2,1-2H3. The number of aromatic nitrogens is 1. The molecule has 1 aromatic carbocycles. The highest BCUT2D eigenvalue weighted by Crippen LogP contribution is 2.27. The van der Waals surface area contributed by atoms with Crippen molar-refractivity contribution in [1.82, 2.24) is 4.98 Å².